The van der Waals surface area contributed by atoms with Crippen LogP contribution in [0.4, 0.5) is 5.69 Å². The lowest BCUT2D eigenvalue weighted by molar-refractivity contribution is 0.414. The molecular formula is C13H19N3. The summed E-state index contributed by atoms with van der Waals surface area (Å²) in [7, 11) is 0. The van der Waals surface area contributed by atoms with Gasteiger partial charge >= 0.3 is 0 Å². The van der Waals surface area contributed by atoms with E-state index in [4.69, 9.17) is 5.73 Å². The second-order valence-electron chi connectivity index (χ2n) is 5.13. The summed E-state index contributed by atoms with van der Waals surface area (Å²) in [5.41, 5.74) is 8.56. The van der Waals surface area contributed by atoms with Crippen LogP contribution in [0.2, 0.25) is 0 Å². The van der Waals surface area contributed by atoms with Gasteiger partial charge in [0, 0.05) is 24.3 Å². The second kappa shape index (κ2) is 3.74. The predicted octanol–water partition coefficient (Wildman–Crippen LogP) is 1.85. The van der Waals surface area contributed by atoms with Crippen LogP contribution in [-0.2, 0) is 0 Å². The summed E-state index contributed by atoms with van der Waals surface area (Å²) >= 11 is 0. The molecule has 1 aromatic heterocycles. The Bertz CT molecular complexity index is 377. The van der Waals surface area contributed by atoms with Gasteiger partial charge in [0.05, 0.1) is 11.4 Å². The fourth-order valence-electron chi connectivity index (χ4n) is 3.36. The topological polar surface area (TPSA) is 42.2 Å². The van der Waals surface area contributed by atoms with E-state index in [1.54, 1.807) is 0 Å². The van der Waals surface area contributed by atoms with Crippen LogP contribution in [0.25, 0.3) is 0 Å². The maximum absolute atomic E-state index is 6.09. The molecule has 2 atom stereocenters. The molecule has 2 N–H and O–H groups in total. The molecule has 0 aromatic carbocycles. The van der Waals surface area contributed by atoms with E-state index in [1.807, 2.05) is 12.3 Å². The smallest absolute Gasteiger partial charge is 0.0605 e. The molecule has 2 bridgehead atoms. The Kier molecular flexibility index (Phi) is 2.36. The van der Waals surface area contributed by atoms with Crippen LogP contribution < -0.4 is 10.6 Å². The normalized spacial score (nSPS) is 33.1. The summed E-state index contributed by atoms with van der Waals surface area (Å²) in [6, 6.07) is 5.94. The average Bonchev–Trinajstić information content (AvgIpc) is 2.53. The third-order valence-corrected chi connectivity index (χ3v) is 4.03. The van der Waals surface area contributed by atoms with Gasteiger partial charge in [0.2, 0.25) is 0 Å². The molecule has 3 heterocycles. The Labute approximate surface area is 96.7 Å². The lowest BCUT2D eigenvalue weighted by Crippen LogP contribution is -2.47. The minimum absolute atomic E-state index is 0.408. The van der Waals surface area contributed by atoms with Crippen LogP contribution in [0.15, 0.2) is 18.3 Å². The van der Waals surface area contributed by atoms with Crippen molar-refractivity contribution in [3.63, 3.8) is 0 Å². The molecule has 2 unspecified atom stereocenters. The van der Waals surface area contributed by atoms with Crippen LogP contribution >= 0.6 is 0 Å². The Morgan fingerprint density at radius 1 is 1.31 bits per heavy atom. The van der Waals surface area contributed by atoms with E-state index in [0.717, 1.165) is 18.5 Å². The zero-order valence-corrected chi connectivity index (χ0v) is 9.76. The van der Waals surface area contributed by atoms with E-state index in [0.29, 0.717) is 18.1 Å². The SMILES string of the molecule is Cc1ncccc1N1C2CCC1CC(N)C2. The van der Waals surface area contributed by atoms with E-state index in [-0.39, 0.29) is 0 Å². The summed E-state index contributed by atoms with van der Waals surface area (Å²) in [6.07, 6.45) is 6.76. The van der Waals surface area contributed by atoms with E-state index in [1.165, 1.54) is 18.5 Å². The molecule has 2 saturated heterocycles. The molecular weight excluding hydrogens is 198 g/mol. The van der Waals surface area contributed by atoms with Gasteiger partial charge in [-0.1, -0.05) is 0 Å². The highest BCUT2D eigenvalue weighted by molar-refractivity contribution is 5.53. The van der Waals surface area contributed by atoms with Gasteiger partial charge < -0.3 is 10.6 Å². The fourth-order valence-corrected chi connectivity index (χ4v) is 3.36. The molecule has 0 aliphatic carbocycles. The molecule has 3 nitrogen and oxygen atoms in total. The molecule has 0 amide bonds. The summed E-state index contributed by atoms with van der Waals surface area (Å²) in [4.78, 5) is 6.97. The van der Waals surface area contributed by atoms with Crippen molar-refractivity contribution in [2.24, 2.45) is 5.73 Å². The number of piperidine rings is 1. The summed E-state index contributed by atoms with van der Waals surface area (Å²) in [6.45, 7) is 2.10. The van der Waals surface area contributed by atoms with Gasteiger partial charge in [-0.25, -0.2) is 0 Å². The quantitative estimate of drug-likeness (QED) is 0.780. The zero-order chi connectivity index (χ0) is 11.1. The van der Waals surface area contributed by atoms with Crippen molar-refractivity contribution >= 4 is 5.69 Å². The number of hydrogen-bond acceptors (Lipinski definition) is 3. The number of nitrogens with two attached hydrogens (primary N) is 1. The largest absolute Gasteiger partial charge is 0.364 e. The number of aromatic nitrogens is 1. The molecule has 86 valence electrons. The number of anilines is 1. The van der Waals surface area contributed by atoms with Gasteiger partial charge in [0.1, 0.15) is 0 Å². The average molecular weight is 217 g/mol. The molecule has 3 rings (SSSR count). The predicted molar refractivity (Wildman–Crippen MR) is 65.5 cm³/mol. The zero-order valence-electron chi connectivity index (χ0n) is 9.76. The maximum Gasteiger partial charge on any atom is 0.0605 e. The molecule has 2 aliphatic heterocycles. The molecule has 2 fully saturated rings. The Balaban J connectivity index is 1.94. The highest BCUT2D eigenvalue weighted by atomic mass is 15.2. The van der Waals surface area contributed by atoms with Crippen molar-refractivity contribution in [1.29, 1.82) is 0 Å². The van der Waals surface area contributed by atoms with Crippen LogP contribution in [0.1, 0.15) is 31.4 Å². The maximum atomic E-state index is 6.09. The summed E-state index contributed by atoms with van der Waals surface area (Å²) < 4.78 is 0. The number of rotatable bonds is 1. The van der Waals surface area contributed by atoms with Crippen LogP contribution in [0.5, 0.6) is 0 Å². The van der Waals surface area contributed by atoms with Crippen molar-refractivity contribution in [2.75, 3.05) is 4.90 Å². The first kappa shape index (κ1) is 10.1. The van der Waals surface area contributed by atoms with Gasteiger partial charge in [-0.05, 0) is 44.7 Å². The minimum Gasteiger partial charge on any atom is -0.364 e. The van der Waals surface area contributed by atoms with Crippen molar-refractivity contribution in [3.8, 4) is 0 Å². The first-order valence-electron chi connectivity index (χ1n) is 6.21. The van der Waals surface area contributed by atoms with Gasteiger partial charge in [-0.3, -0.25) is 4.98 Å². The van der Waals surface area contributed by atoms with Crippen molar-refractivity contribution in [2.45, 2.75) is 50.7 Å². The molecule has 1 aromatic rings. The van der Waals surface area contributed by atoms with E-state index in [9.17, 15) is 0 Å². The summed E-state index contributed by atoms with van der Waals surface area (Å²) in [5, 5.41) is 0. The number of nitrogens with zero attached hydrogens (tertiary/aromatic N) is 2. The highest BCUT2D eigenvalue weighted by Gasteiger charge is 2.40. The number of aryl methyl sites for hydroxylation is 1. The fraction of sp³-hybridized carbons (Fsp3) is 0.615. The number of fused-ring (bicyclic) bond motifs is 2. The van der Waals surface area contributed by atoms with E-state index < -0.39 is 0 Å². The van der Waals surface area contributed by atoms with Gasteiger partial charge in [0.25, 0.3) is 0 Å². The van der Waals surface area contributed by atoms with Crippen LogP contribution in [0, 0.1) is 6.92 Å². The Morgan fingerprint density at radius 3 is 2.62 bits per heavy atom. The molecule has 16 heavy (non-hydrogen) atoms. The molecule has 0 radical (unpaired) electrons. The van der Waals surface area contributed by atoms with Crippen molar-refractivity contribution in [3.05, 3.63) is 24.0 Å². The van der Waals surface area contributed by atoms with Crippen molar-refractivity contribution in [1.82, 2.24) is 4.98 Å². The molecule has 0 spiro atoms. The third-order valence-electron chi connectivity index (χ3n) is 4.03. The van der Waals surface area contributed by atoms with Gasteiger partial charge in [-0.2, -0.15) is 0 Å². The third kappa shape index (κ3) is 1.50. The first-order chi connectivity index (χ1) is 7.75. The van der Waals surface area contributed by atoms with Crippen molar-refractivity contribution < 1.29 is 0 Å². The van der Waals surface area contributed by atoms with Crippen LogP contribution in [-0.4, -0.2) is 23.1 Å². The molecule has 3 heteroatoms. The minimum atomic E-state index is 0.408. The second-order valence-corrected chi connectivity index (χ2v) is 5.13. The van der Waals surface area contributed by atoms with Gasteiger partial charge in [0.15, 0.2) is 0 Å². The number of hydrogen-bond donors (Lipinski definition) is 1. The van der Waals surface area contributed by atoms with Gasteiger partial charge in [-0.15, -0.1) is 0 Å². The Morgan fingerprint density at radius 2 is 2.00 bits per heavy atom. The number of pyridine rings is 1. The Hall–Kier alpha value is -1.09. The monoisotopic (exact) mass is 217 g/mol. The highest BCUT2D eigenvalue weighted by Crippen LogP contribution is 2.39. The molecule has 0 saturated carbocycles. The lowest BCUT2D eigenvalue weighted by Gasteiger charge is -2.39. The lowest BCUT2D eigenvalue weighted by atomic mass is 9.97. The standard InChI is InChI=1S/C13H19N3/c1-9-13(3-2-6-15-9)16-11-4-5-12(16)8-10(14)7-11/h2-3,6,10-12H,4-5,7-8,14H2,1H3. The first-order valence-corrected chi connectivity index (χ1v) is 6.21. The molecule has 2 aliphatic rings. The summed E-state index contributed by atoms with van der Waals surface area (Å²) in [5.74, 6) is 0. The van der Waals surface area contributed by atoms with E-state index in [2.05, 4.69) is 22.9 Å². The van der Waals surface area contributed by atoms with E-state index >= 15 is 0 Å². The van der Waals surface area contributed by atoms with Crippen LogP contribution in [0.3, 0.4) is 0 Å².